The van der Waals surface area contributed by atoms with Gasteiger partial charge in [0.05, 0.1) is 16.6 Å². The first kappa shape index (κ1) is 14.9. The summed E-state index contributed by atoms with van der Waals surface area (Å²) in [6, 6.07) is 7.73. The van der Waals surface area contributed by atoms with Crippen molar-refractivity contribution in [2.45, 2.75) is 0 Å². The minimum Gasteiger partial charge on any atom is -0.456 e. The average molecular weight is 362 g/mol. The summed E-state index contributed by atoms with van der Waals surface area (Å²) in [7, 11) is 0. The Morgan fingerprint density at radius 1 is 1.08 bits per heavy atom. The Morgan fingerprint density at radius 2 is 2.00 bits per heavy atom. The van der Waals surface area contributed by atoms with Crippen molar-refractivity contribution in [2.75, 3.05) is 0 Å². The molecule has 1 saturated heterocycles. The smallest absolute Gasteiger partial charge is 0.290 e. The normalized spacial score (nSPS) is 16.1. The van der Waals surface area contributed by atoms with Crippen molar-refractivity contribution < 1.29 is 14.0 Å². The zero-order chi connectivity index (χ0) is 17.7. The Labute approximate surface area is 150 Å². The third kappa shape index (κ3) is 2.39. The molecule has 1 aromatic carbocycles. The molecule has 0 atom stereocenters. The molecule has 4 aromatic rings. The van der Waals surface area contributed by atoms with E-state index in [1.807, 2.05) is 18.2 Å². The Kier molecular flexibility index (Phi) is 3.19. The van der Waals surface area contributed by atoms with E-state index in [-0.39, 0.29) is 5.24 Å². The molecule has 5 rings (SSSR count). The van der Waals surface area contributed by atoms with E-state index in [0.717, 1.165) is 39.2 Å². The minimum atomic E-state index is -0.413. The molecule has 1 aliphatic rings. The molecule has 2 amide bonds. The Balaban J connectivity index is 1.63. The zero-order valence-electron chi connectivity index (χ0n) is 13.1. The topological polar surface area (TPSA) is 101 Å². The average Bonchev–Trinajstić information content (AvgIpc) is 3.32. The number of carbonyl (C=O) groups excluding carboxylic acids is 2. The maximum atomic E-state index is 11.7. The second-order valence-corrected chi connectivity index (χ2v) is 6.79. The lowest BCUT2D eigenvalue weighted by atomic mass is 10.0. The SMILES string of the molecule is O=C1NC(=O)/C(=C/c2cc3cncc(-c4ccc5[nH]ncc5c4)c3o2)S1. The summed E-state index contributed by atoms with van der Waals surface area (Å²) in [5.41, 5.74) is 3.42. The molecule has 3 aromatic heterocycles. The van der Waals surface area contributed by atoms with Crippen LogP contribution in [0.2, 0.25) is 0 Å². The number of carbonyl (C=O) groups is 2. The monoisotopic (exact) mass is 362 g/mol. The number of hydrogen-bond donors (Lipinski definition) is 2. The molecule has 7 nitrogen and oxygen atoms in total. The second kappa shape index (κ2) is 5.57. The number of nitrogens with one attached hydrogen (secondary N) is 2. The summed E-state index contributed by atoms with van der Waals surface area (Å²) in [6.45, 7) is 0. The molecule has 0 spiro atoms. The number of aromatic nitrogens is 3. The highest BCUT2D eigenvalue weighted by Crippen LogP contribution is 2.33. The van der Waals surface area contributed by atoms with Crippen LogP contribution in [-0.2, 0) is 4.79 Å². The van der Waals surface area contributed by atoms with Gasteiger partial charge in [-0.25, -0.2) is 0 Å². The molecule has 126 valence electrons. The molecule has 4 heterocycles. The number of aromatic amines is 1. The Hall–Kier alpha value is -3.39. The maximum Gasteiger partial charge on any atom is 0.290 e. The van der Waals surface area contributed by atoms with Gasteiger partial charge in [-0.05, 0) is 35.5 Å². The van der Waals surface area contributed by atoms with E-state index in [9.17, 15) is 9.59 Å². The van der Waals surface area contributed by atoms with Crippen LogP contribution in [0.4, 0.5) is 4.79 Å². The van der Waals surface area contributed by atoms with Crippen molar-refractivity contribution in [3.05, 3.63) is 53.5 Å². The van der Waals surface area contributed by atoms with E-state index in [0.29, 0.717) is 16.2 Å². The van der Waals surface area contributed by atoms with Gasteiger partial charge in [0, 0.05) is 34.8 Å². The number of imide groups is 1. The van der Waals surface area contributed by atoms with E-state index < -0.39 is 5.91 Å². The highest BCUT2D eigenvalue weighted by atomic mass is 32.2. The van der Waals surface area contributed by atoms with Gasteiger partial charge in [0.1, 0.15) is 11.3 Å². The van der Waals surface area contributed by atoms with Crippen molar-refractivity contribution in [2.24, 2.45) is 0 Å². The standard InChI is InChI=1S/C18H10N4O3S/c23-17-15(26-18(24)21-17)5-12-4-11-6-19-8-13(16(11)25-12)9-1-2-14-10(3-9)7-20-22-14/h1-8H,(H,20,22)(H,21,23,24)/b15-5-. The number of pyridine rings is 1. The second-order valence-electron chi connectivity index (χ2n) is 5.78. The van der Waals surface area contributed by atoms with Crippen molar-refractivity contribution in [3.8, 4) is 11.1 Å². The molecule has 0 aliphatic carbocycles. The van der Waals surface area contributed by atoms with Crippen LogP contribution in [-0.4, -0.2) is 26.3 Å². The van der Waals surface area contributed by atoms with Crippen LogP contribution in [0.25, 0.3) is 39.1 Å². The third-order valence-corrected chi connectivity index (χ3v) is 4.92. The highest BCUT2D eigenvalue weighted by Gasteiger charge is 2.25. The molecule has 0 radical (unpaired) electrons. The van der Waals surface area contributed by atoms with Crippen LogP contribution < -0.4 is 5.32 Å². The number of H-pyrrole nitrogens is 1. The van der Waals surface area contributed by atoms with Crippen molar-refractivity contribution >= 4 is 50.9 Å². The molecule has 0 saturated carbocycles. The van der Waals surface area contributed by atoms with Crippen LogP contribution in [0.1, 0.15) is 5.76 Å². The molecular weight excluding hydrogens is 352 g/mol. The van der Waals surface area contributed by atoms with E-state index >= 15 is 0 Å². The number of rotatable bonds is 2. The van der Waals surface area contributed by atoms with Crippen molar-refractivity contribution in [1.82, 2.24) is 20.5 Å². The number of nitrogens with zero attached hydrogens (tertiary/aromatic N) is 2. The van der Waals surface area contributed by atoms with Gasteiger partial charge in [-0.1, -0.05) is 6.07 Å². The summed E-state index contributed by atoms with van der Waals surface area (Å²) in [4.78, 5) is 27.6. The van der Waals surface area contributed by atoms with E-state index in [1.54, 1.807) is 30.7 Å². The molecule has 1 fully saturated rings. The number of benzene rings is 1. The quantitative estimate of drug-likeness (QED) is 0.527. The Bertz CT molecular complexity index is 1240. The number of furan rings is 1. The molecule has 2 N–H and O–H groups in total. The molecule has 8 heteroatoms. The largest absolute Gasteiger partial charge is 0.456 e. The fourth-order valence-corrected chi connectivity index (χ4v) is 3.58. The van der Waals surface area contributed by atoms with Gasteiger partial charge in [-0.2, -0.15) is 5.10 Å². The summed E-state index contributed by atoms with van der Waals surface area (Å²) in [6.07, 6.45) is 6.77. The van der Waals surface area contributed by atoms with Crippen LogP contribution in [0.15, 0.2) is 52.2 Å². The summed E-state index contributed by atoms with van der Waals surface area (Å²) in [5.74, 6) is 0.0789. The molecule has 0 unspecified atom stereocenters. The third-order valence-electron chi connectivity index (χ3n) is 4.11. The van der Waals surface area contributed by atoms with Crippen LogP contribution in [0.3, 0.4) is 0 Å². The van der Waals surface area contributed by atoms with Crippen LogP contribution in [0.5, 0.6) is 0 Å². The van der Waals surface area contributed by atoms with Gasteiger partial charge < -0.3 is 4.42 Å². The molecule has 0 bridgehead atoms. The summed E-state index contributed by atoms with van der Waals surface area (Å²) < 4.78 is 5.95. The van der Waals surface area contributed by atoms with Crippen molar-refractivity contribution in [1.29, 1.82) is 0 Å². The van der Waals surface area contributed by atoms with E-state index in [1.165, 1.54) is 0 Å². The van der Waals surface area contributed by atoms with Gasteiger partial charge >= 0.3 is 0 Å². The molecule has 1 aliphatic heterocycles. The zero-order valence-corrected chi connectivity index (χ0v) is 14.0. The van der Waals surface area contributed by atoms with Crippen LogP contribution in [0, 0.1) is 0 Å². The maximum absolute atomic E-state index is 11.7. The first-order chi connectivity index (χ1) is 12.7. The van der Waals surface area contributed by atoms with Gasteiger partial charge in [-0.3, -0.25) is 25.0 Å². The van der Waals surface area contributed by atoms with Gasteiger partial charge in [0.15, 0.2) is 0 Å². The fraction of sp³-hybridized carbons (Fsp3) is 0. The lowest BCUT2D eigenvalue weighted by molar-refractivity contribution is -0.115. The number of hydrogen-bond acceptors (Lipinski definition) is 6. The lowest BCUT2D eigenvalue weighted by Gasteiger charge is -2.02. The minimum absolute atomic E-state index is 0.309. The van der Waals surface area contributed by atoms with Gasteiger partial charge in [-0.15, -0.1) is 0 Å². The highest BCUT2D eigenvalue weighted by molar-refractivity contribution is 8.18. The predicted molar refractivity (Wildman–Crippen MR) is 98.2 cm³/mol. The number of amides is 2. The van der Waals surface area contributed by atoms with E-state index in [2.05, 4.69) is 20.5 Å². The van der Waals surface area contributed by atoms with Gasteiger partial charge in [0.2, 0.25) is 0 Å². The first-order valence-corrected chi connectivity index (χ1v) is 8.55. The Morgan fingerprint density at radius 3 is 2.85 bits per heavy atom. The predicted octanol–water partition coefficient (Wildman–Crippen LogP) is 3.70. The lowest BCUT2D eigenvalue weighted by Crippen LogP contribution is -2.17. The number of fused-ring (bicyclic) bond motifs is 2. The molecular formula is C18H10N4O3S. The van der Waals surface area contributed by atoms with E-state index in [4.69, 9.17) is 4.42 Å². The van der Waals surface area contributed by atoms with Gasteiger partial charge in [0.25, 0.3) is 11.1 Å². The van der Waals surface area contributed by atoms with Crippen LogP contribution >= 0.6 is 11.8 Å². The summed E-state index contributed by atoms with van der Waals surface area (Å²) >= 11 is 0.857. The first-order valence-electron chi connectivity index (χ1n) is 7.73. The number of thioether (sulfide) groups is 1. The van der Waals surface area contributed by atoms with Crippen molar-refractivity contribution in [3.63, 3.8) is 0 Å². The fourth-order valence-electron chi connectivity index (χ4n) is 2.92. The summed E-state index contributed by atoms with van der Waals surface area (Å²) in [5, 5.41) is 10.6. The molecule has 26 heavy (non-hydrogen) atoms.